The van der Waals surface area contributed by atoms with Crippen molar-refractivity contribution in [3.05, 3.63) is 64.9 Å². The highest BCUT2D eigenvalue weighted by molar-refractivity contribution is 7.89. The molecule has 1 saturated carbocycles. The molecular weight excluding hydrogens is 325 g/mol. The van der Waals surface area contributed by atoms with Crippen LogP contribution in [0.1, 0.15) is 18.4 Å². The lowest BCUT2D eigenvalue weighted by atomic mass is 10.2. The van der Waals surface area contributed by atoms with Crippen molar-refractivity contribution in [1.29, 1.82) is 0 Å². The minimum absolute atomic E-state index is 0.00803. The number of halogens is 2. The minimum Gasteiger partial charge on any atom is -0.207 e. The zero-order valence-corrected chi connectivity index (χ0v) is 13.3. The van der Waals surface area contributed by atoms with Gasteiger partial charge >= 0.3 is 0 Å². The van der Waals surface area contributed by atoms with E-state index in [0.29, 0.717) is 0 Å². The summed E-state index contributed by atoms with van der Waals surface area (Å²) in [6, 6.07) is 12.3. The minimum atomic E-state index is -3.67. The number of sulfonamides is 1. The highest BCUT2D eigenvalue weighted by Gasteiger charge is 2.38. The molecule has 0 atom stereocenters. The van der Waals surface area contributed by atoms with E-state index in [0.717, 1.165) is 18.4 Å². The molecule has 0 radical (unpaired) electrons. The van der Waals surface area contributed by atoms with Crippen LogP contribution in [0, 0.1) is 5.82 Å². The Morgan fingerprint density at radius 3 is 2.32 bits per heavy atom. The van der Waals surface area contributed by atoms with Crippen molar-refractivity contribution in [3.63, 3.8) is 0 Å². The van der Waals surface area contributed by atoms with E-state index in [1.807, 2.05) is 0 Å². The predicted molar refractivity (Wildman–Crippen MR) is 83.6 cm³/mol. The van der Waals surface area contributed by atoms with E-state index in [1.165, 1.54) is 22.5 Å². The third-order valence-electron chi connectivity index (χ3n) is 3.63. The van der Waals surface area contributed by atoms with Crippen LogP contribution in [0.4, 0.5) is 4.39 Å². The Kier molecular flexibility index (Phi) is 4.21. The van der Waals surface area contributed by atoms with E-state index < -0.39 is 10.0 Å². The summed E-state index contributed by atoms with van der Waals surface area (Å²) in [7, 11) is -3.67. The number of hydrogen-bond acceptors (Lipinski definition) is 2. The lowest BCUT2D eigenvalue weighted by Crippen LogP contribution is -2.32. The van der Waals surface area contributed by atoms with Gasteiger partial charge in [-0.15, -0.1) is 0 Å². The Morgan fingerprint density at radius 2 is 1.73 bits per heavy atom. The van der Waals surface area contributed by atoms with E-state index in [2.05, 4.69) is 0 Å². The summed E-state index contributed by atoms with van der Waals surface area (Å²) in [4.78, 5) is 0.116. The normalized spacial score (nSPS) is 15.2. The van der Waals surface area contributed by atoms with Crippen LogP contribution in [-0.4, -0.2) is 18.8 Å². The molecule has 1 fully saturated rings. The number of hydrogen-bond donors (Lipinski definition) is 0. The van der Waals surface area contributed by atoms with Crippen molar-refractivity contribution >= 4 is 21.6 Å². The molecule has 2 aromatic carbocycles. The molecular formula is C16H15ClFNO2S. The molecule has 0 spiro atoms. The van der Waals surface area contributed by atoms with E-state index in [1.54, 1.807) is 30.3 Å². The molecule has 1 aliphatic carbocycles. The Morgan fingerprint density at radius 1 is 1.09 bits per heavy atom. The van der Waals surface area contributed by atoms with Crippen LogP contribution < -0.4 is 0 Å². The summed E-state index contributed by atoms with van der Waals surface area (Å²) in [5.74, 6) is -0.337. The Bertz CT molecular complexity index is 773. The highest BCUT2D eigenvalue weighted by atomic mass is 35.5. The van der Waals surface area contributed by atoms with Crippen LogP contribution in [-0.2, 0) is 16.6 Å². The lowest BCUT2D eigenvalue weighted by Gasteiger charge is -2.22. The molecule has 0 aromatic heterocycles. The maximum atomic E-state index is 13.0. The topological polar surface area (TPSA) is 37.4 Å². The summed E-state index contributed by atoms with van der Waals surface area (Å²) < 4.78 is 40.2. The SMILES string of the molecule is O=S(=O)(c1ccccc1Cl)N(Cc1ccc(F)cc1)C1CC1. The molecule has 0 heterocycles. The van der Waals surface area contributed by atoms with Crippen LogP contribution in [0.5, 0.6) is 0 Å². The van der Waals surface area contributed by atoms with E-state index in [-0.39, 0.29) is 28.3 Å². The van der Waals surface area contributed by atoms with Crippen LogP contribution in [0.25, 0.3) is 0 Å². The van der Waals surface area contributed by atoms with Gasteiger partial charge in [-0.25, -0.2) is 12.8 Å². The van der Waals surface area contributed by atoms with Gasteiger partial charge in [0, 0.05) is 12.6 Å². The Balaban J connectivity index is 1.94. The fourth-order valence-electron chi connectivity index (χ4n) is 2.32. The predicted octanol–water partition coefficient (Wildman–Crippen LogP) is 3.83. The second kappa shape index (κ2) is 5.99. The van der Waals surface area contributed by atoms with Crippen LogP contribution in [0.2, 0.25) is 5.02 Å². The van der Waals surface area contributed by atoms with Crippen molar-refractivity contribution in [3.8, 4) is 0 Å². The number of nitrogens with zero attached hydrogens (tertiary/aromatic N) is 1. The summed E-state index contributed by atoms with van der Waals surface area (Å²) in [6.45, 7) is 0.221. The molecule has 0 aliphatic heterocycles. The average molecular weight is 340 g/mol. The zero-order chi connectivity index (χ0) is 15.7. The number of rotatable bonds is 5. The van der Waals surface area contributed by atoms with Gasteiger partial charge in [0.05, 0.1) is 5.02 Å². The summed E-state index contributed by atoms with van der Waals surface area (Å²) in [5.41, 5.74) is 0.754. The molecule has 0 N–H and O–H groups in total. The molecule has 22 heavy (non-hydrogen) atoms. The quantitative estimate of drug-likeness (QED) is 0.830. The van der Waals surface area contributed by atoms with Gasteiger partial charge in [-0.1, -0.05) is 35.9 Å². The maximum Gasteiger partial charge on any atom is 0.245 e. The van der Waals surface area contributed by atoms with Gasteiger partial charge in [0.2, 0.25) is 10.0 Å². The summed E-state index contributed by atoms with van der Waals surface area (Å²) >= 11 is 6.05. The largest absolute Gasteiger partial charge is 0.245 e. The third kappa shape index (κ3) is 3.16. The summed E-state index contributed by atoms with van der Waals surface area (Å²) in [5, 5.41) is 0.215. The molecule has 0 bridgehead atoms. The molecule has 1 aliphatic rings. The first kappa shape index (κ1) is 15.5. The fourth-order valence-corrected chi connectivity index (χ4v) is 4.49. The fraction of sp³-hybridized carbons (Fsp3) is 0.250. The maximum absolute atomic E-state index is 13.0. The second-order valence-electron chi connectivity index (χ2n) is 5.34. The van der Waals surface area contributed by atoms with Crippen LogP contribution in [0.3, 0.4) is 0 Å². The van der Waals surface area contributed by atoms with Crippen molar-refractivity contribution in [1.82, 2.24) is 4.31 Å². The third-order valence-corrected chi connectivity index (χ3v) is 6.03. The first-order valence-electron chi connectivity index (χ1n) is 6.99. The van der Waals surface area contributed by atoms with E-state index in [4.69, 9.17) is 11.6 Å². The molecule has 0 amide bonds. The molecule has 0 saturated heterocycles. The molecule has 0 unspecified atom stereocenters. The molecule has 6 heteroatoms. The van der Waals surface area contributed by atoms with Gasteiger partial charge in [-0.05, 0) is 42.7 Å². The van der Waals surface area contributed by atoms with Crippen LogP contribution in [0.15, 0.2) is 53.4 Å². The molecule has 3 nitrogen and oxygen atoms in total. The zero-order valence-electron chi connectivity index (χ0n) is 11.7. The first-order valence-corrected chi connectivity index (χ1v) is 8.81. The Labute approximate surface area is 134 Å². The average Bonchev–Trinajstić information content (AvgIpc) is 3.31. The molecule has 3 rings (SSSR count). The van der Waals surface area contributed by atoms with Gasteiger partial charge in [0.15, 0.2) is 0 Å². The monoisotopic (exact) mass is 339 g/mol. The van der Waals surface area contributed by atoms with Gasteiger partial charge in [-0.2, -0.15) is 4.31 Å². The smallest absolute Gasteiger partial charge is 0.207 e. The first-order chi connectivity index (χ1) is 10.5. The Hall–Kier alpha value is -1.43. The molecule has 116 valence electrons. The highest BCUT2D eigenvalue weighted by Crippen LogP contribution is 2.35. The lowest BCUT2D eigenvalue weighted by molar-refractivity contribution is 0.398. The van der Waals surface area contributed by atoms with Gasteiger partial charge in [0.25, 0.3) is 0 Å². The van der Waals surface area contributed by atoms with Gasteiger partial charge in [0.1, 0.15) is 10.7 Å². The standard InChI is InChI=1S/C16H15ClFNO2S/c17-15-3-1-2-4-16(15)22(20,21)19(14-9-10-14)11-12-5-7-13(18)8-6-12/h1-8,14H,9-11H2. The van der Waals surface area contributed by atoms with E-state index in [9.17, 15) is 12.8 Å². The van der Waals surface area contributed by atoms with Crippen molar-refractivity contribution in [2.45, 2.75) is 30.3 Å². The molecule has 2 aromatic rings. The number of benzene rings is 2. The van der Waals surface area contributed by atoms with Gasteiger partial charge < -0.3 is 0 Å². The van der Waals surface area contributed by atoms with E-state index >= 15 is 0 Å². The van der Waals surface area contributed by atoms with Gasteiger partial charge in [-0.3, -0.25) is 0 Å². The van der Waals surface area contributed by atoms with Crippen molar-refractivity contribution in [2.24, 2.45) is 0 Å². The van der Waals surface area contributed by atoms with Crippen molar-refractivity contribution in [2.75, 3.05) is 0 Å². The van der Waals surface area contributed by atoms with Crippen molar-refractivity contribution < 1.29 is 12.8 Å². The van der Waals surface area contributed by atoms with Crippen LogP contribution >= 0.6 is 11.6 Å². The second-order valence-corrected chi connectivity index (χ2v) is 7.60. The summed E-state index contributed by atoms with van der Waals surface area (Å²) in [6.07, 6.45) is 1.68.